The first kappa shape index (κ1) is 34.5. The third-order valence-corrected chi connectivity index (χ3v) is 12.1. The molecule has 2 saturated heterocycles. The van der Waals surface area contributed by atoms with E-state index in [0.717, 1.165) is 56.0 Å². The second-order valence-electron chi connectivity index (χ2n) is 13.4. The van der Waals surface area contributed by atoms with Crippen LogP contribution in [0.25, 0.3) is 11.3 Å². The van der Waals surface area contributed by atoms with Crippen molar-refractivity contribution in [3.8, 4) is 11.3 Å². The molecule has 6 rings (SSSR count). The number of carbonyl (C=O) groups is 1. The summed E-state index contributed by atoms with van der Waals surface area (Å²) in [5, 5.41) is 40.4. The number of amides is 1. The van der Waals surface area contributed by atoms with E-state index in [-0.39, 0.29) is 29.8 Å². The third-order valence-electron chi connectivity index (χ3n) is 10.6. The van der Waals surface area contributed by atoms with Gasteiger partial charge in [0.15, 0.2) is 17.5 Å². The summed E-state index contributed by atoms with van der Waals surface area (Å²) < 4.78 is 82.6. The highest BCUT2D eigenvalue weighted by atomic mass is 32.2. The minimum atomic E-state index is -2.88. The van der Waals surface area contributed by atoms with E-state index in [9.17, 15) is 42.1 Å². The molecule has 260 valence electrons. The third kappa shape index (κ3) is 6.65. The van der Waals surface area contributed by atoms with Crippen LogP contribution in [0.1, 0.15) is 63.8 Å². The molecule has 2 aliphatic heterocycles. The van der Waals surface area contributed by atoms with E-state index in [1.165, 1.54) is 22.9 Å². The van der Waals surface area contributed by atoms with Crippen LogP contribution in [0.2, 0.25) is 0 Å². The first-order valence-electron chi connectivity index (χ1n) is 15.9. The number of nitrogens with zero attached hydrogens (tertiary/aromatic N) is 4. The molecule has 0 radical (unpaired) electrons. The summed E-state index contributed by atoms with van der Waals surface area (Å²) in [7, 11) is 1.34. The molecule has 10 nitrogen and oxygen atoms in total. The second kappa shape index (κ2) is 13.2. The Morgan fingerprint density at radius 2 is 1.72 bits per heavy atom. The van der Waals surface area contributed by atoms with Gasteiger partial charge in [-0.3, -0.25) is 4.79 Å². The van der Waals surface area contributed by atoms with Gasteiger partial charge in [0, 0.05) is 38.6 Å². The lowest BCUT2D eigenvalue weighted by Crippen LogP contribution is -2.59. The molecule has 1 amide bonds. The van der Waals surface area contributed by atoms with Crippen LogP contribution >= 0.6 is 11.8 Å². The molecule has 16 heteroatoms. The Labute approximate surface area is 272 Å². The highest BCUT2D eigenvalue weighted by Crippen LogP contribution is 2.56. The number of likely N-dealkylation sites (tertiary alicyclic amines) is 1. The number of alkyl halides is 2. The fourth-order valence-electron chi connectivity index (χ4n) is 7.40. The number of thioether (sulfide) groups is 1. The molecular weight excluding hydrogens is 651 g/mol. The van der Waals surface area contributed by atoms with E-state index in [1.807, 2.05) is 0 Å². The van der Waals surface area contributed by atoms with Crippen LogP contribution in [0.5, 0.6) is 0 Å². The summed E-state index contributed by atoms with van der Waals surface area (Å²) in [5.41, 5.74) is -2.58. The topological polar surface area (TPSA) is 130 Å². The monoisotopic (exact) mass is 690 g/mol. The number of ether oxygens (including phenoxy) is 2. The number of carbonyl (C=O) groups excluding carboxylic acids is 1. The van der Waals surface area contributed by atoms with Crippen molar-refractivity contribution in [1.29, 1.82) is 0 Å². The average molecular weight is 691 g/mol. The van der Waals surface area contributed by atoms with Crippen LogP contribution in [0, 0.1) is 22.9 Å². The number of hydrogen-bond acceptors (Lipinski definition) is 9. The summed E-state index contributed by atoms with van der Waals surface area (Å²) in [6, 6.07) is 0.395. The van der Waals surface area contributed by atoms with Crippen LogP contribution in [-0.4, -0.2) is 108 Å². The number of rotatable bonds is 8. The maximum absolute atomic E-state index is 14.1. The van der Waals surface area contributed by atoms with Gasteiger partial charge in [0.25, 0.3) is 5.92 Å². The van der Waals surface area contributed by atoms with E-state index >= 15 is 0 Å². The molecule has 47 heavy (non-hydrogen) atoms. The Hall–Kier alpha value is -2.37. The summed E-state index contributed by atoms with van der Waals surface area (Å²) in [6.07, 6.45) is 1.91. The minimum Gasteiger partial charge on any atom is -0.394 e. The highest BCUT2D eigenvalue weighted by Gasteiger charge is 2.55. The van der Waals surface area contributed by atoms with E-state index in [0.29, 0.717) is 12.8 Å². The van der Waals surface area contributed by atoms with Gasteiger partial charge in [-0.1, -0.05) is 11.6 Å². The lowest BCUT2D eigenvalue weighted by Gasteiger charge is -2.52. The Kier molecular flexibility index (Phi) is 9.66. The van der Waals surface area contributed by atoms with Crippen molar-refractivity contribution < 1.29 is 51.5 Å². The van der Waals surface area contributed by atoms with E-state index in [1.54, 1.807) is 0 Å². The predicted octanol–water partition coefficient (Wildman–Crippen LogP) is 3.83. The molecule has 1 aromatic carbocycles. The van der Waals surface area contributed by atoms with Crippen LogP contribution < -0.4 is 0 Å². The maximum Gasteiger partial charge on any atom is 0.251 e. The largest absolute Gasteiger partial charge is 0.394 e. The van der Waals surface area contributed by atoms with E-state index in [4.69, 9.17) is 9.47 Å². The standard InChI is InChI=1S/C31H39F5N4O6S/c1-45-25-23(40-15-20(37-38-40)17-13-18(32)22(34)19(33)14-17)24(42)21(16-41)46-28(25)47-26(27(43)39-11-9-31(35,36)10-12-39)30(44)7-5-29(6-8-30)3-2-4-29/h13-15,21,23-26,28,41-42,44H,2-12,16H2,1H3/t21-,23+,24+,25-,26+,28+/m1/s1. The molecule has 0 unspecified atom stereocenters. The minimum absolute atomic E-state index is 0.0440. The Balaban J connectivity index is 1.30. The number of benzene rings is 1. The van der Waals surface area contributed by atoms with Crippen LogP contribution in [0.3, 0.4) is 0 Å². The van der Waals surface area contributed by atoms with Crippen molar-refractivity contribution >= 4 is 17.7 Å². The molecule has 1 spiro atoms. The van der Waals surface area contributed by atoms with Gasteiger partial charge in [0.2, 0.25) is 5.91 Å². The van der Waals surface area contributed by atoms with Crippen molar-refractivity contribution in [2.75, 3.05) is 26.8 Å². The molecular formula is C31H39F5N4O6S. The first-order chi connectivity index (χ1) is 22.3. The highest BCUT2D eigenvalue weighted by molar-refractivity contribution is 8.01. The van der Waals surface area contributed by atoms with Gasteiger partial charge in [-0.2, -0.15) is 0 Å². The molecule has 6 atom stereocenters. The first-order valence-corrected chi connectivity index (χ1v) is 16.8. The van der Waals surface area contributed by atoms with Gasteiger partial charge in [-0.15, -0.1) is 16.9 Å². The Morgan fingerprint density at radius 1 is 1.09 bits per heavy atom. The number of halogens is 5. The van der Waals surface area contributed by atoms with Crippen LogP contribution in [0.4, 0.5) is 22.0 Å². The zero-order chi connectivity index (χ0) is 33.7. The van der Waals surface area contributed by atoms with Gasteiger partial charge >= 0.3 is 0 Å². The number of aliphatic hydroxyl groups excluding tert-OH is 2. The normalized spacial score (nSPS) is 30.6. The summed E-state index contributed by atoms with van der Waals surface area (Å²) >= 11 is 0.959. The van der Waals surface area contributed by atoms with Gasteiger partial charge in [-0.05, 0) is 56.1 Å². The zero-order valence-corrected chi connectivity index (χ0v) is 26.7. The second-order valence-corrected chi connectivity index (χ2v) is 14.6. The molecule has 2 aliphatic carbocycles. The van der Waals surface area contributed by atoms with Crippen molar-refractivity contribution in [1.82, 2.24) is 19.9 Å². The molecule has 1 aromatic heterocycles. The fourth-order valence-corrected chi connectivity index (χ4v) is 9.06. The van der Waals surface area contributed by atoms with E-state index in [2.05, 4.69) is 10.3 Å². The van der Waals surface area contributed by atoms with E-state index < -0.39 is 89.4 Å². The lowest BCUT2D eigenvalue weighted by atomic mass is 9.58. The van der Waals surface area contributed by atoms with Crippen LogP contribution in [0.15, 0.2) is 18.3 Å². The van der Waals surface area contributed by atoms with Crippen molar-refractivity contribution in [3.05, 3.63) is 35.8 Å². The number of hydrogen-bond donors (Lipinski definition) is 3. The van der Waals surface area contributed by atoms with Crippen molar-refractivity contribution in [2.24, 2.45) is 5.41 Å². The molecule has 0 bridgehead atoms. The predicted molar refractivity (Wildman–Crippen MR) is 159 cm³/mol. The molecule has 2 saturated carbocycles. The summed E-state index contributed by atoms with van der Waals surface area (Å²) in [5.74, 6) is -7.88. The number of methoxy groups -OCH3 is 1. The molecule has 2 aromatic rings. The lowest BCUT2D eigenvalue weighted by molar-refractivity contribution is -0.186. The summed E-state index contributed by atoms with van der Waals surface area (Å²) in [4.78, 5) is 15.5. The summed E-state index contributed by atoms with van der Waals surface area (Å²) in [6.45, 7) is -0.988. The molecule has 4 aliphatic rings. The van der Waals surface area contributed by atoms with Gasteiger partial charge in [0.05, 0.1) is 18.4 Å². The number of aliphatic hydroxyl groups is 3. The quantitative estimate of drug-likeness (QED) is 0.280. The number of piperidine rings is 1. The molecule has 3 N–H and O–H groups in total. The Morgan fingerprint density at radius 3 is 2.28 bits per heavy atom. The van der Waals surface area contributed by atoms with Crippen molar-refractivity contribution in [2.45, 2.75) is 104 Å². The van der Waals surface area contributed by atoms with Gasteiger partial charge in [0.1, 0.15) is 40.7 Å². The average Bonchev–Trinajstić information content (AvgIpc) is 3.51. The molecule has 3 heterocycles. The maximum atomic E-state index is 14.1. The zero-order valence-electron chi connectivity index (χ0n) is 25.8. The smallest absolute Gasteiger partial charge is 0.251 e. The van der Waals surface area contributed by atoms with Gasteiger partial charge in [-0.25, -0.2) is 26.6 Å². The molecule has 4 fully saturated rings. The number of aromatic nitrogens is 3. The van der Waals surface area contributed by atoms with Gasteiger partial charge < -0.3 is 29.7 Å². The van der Waals surface area contributed by atoms with Crippen molar-refractivity contribution in [3.63, 3.8) is 0 Å². The SMILES string of the molecule is CO[C@@H]1[C@@H](n2cc(-c3cc(F)c(F)c(F)c3)nn2)[C@@H](O)[C@@H](CO)O[C@H]1S[C@@H](C(=O)N1CCC(F)(F)CC1)C1(O)CCC2(CCC2)CC1. The fraction of sp³-hybridized carbons (Fsp3) is 0.710. The van der Waals surface area contributed by atoms with Crippen LogP contribution in [-0.2, 0) is 14.3 Å². The Bertz CT molecular complexity index is 1420.